The van der Waals surface area contributed by atoms with Crippen molar-refractivity contribution in [2.75, 3.05) is 32.7 Å². The van der Waals surface area contributed by atoms with E-state index in [1.54, 1.807) is 0 Å². The predicted octanol–water partition coefficient (Wildman–Crippen LogP) is 1.65. The van der Waals surface area contributed by atoms with Crippen LogP contribution in [0.1, 0.15) is 33.1 Å². The Morgan fingerprint density at radius 3 is 2.65 bits per heavy atom. The number of hydrogen-bond acceptors (Lipinski definition) is 2. The minimum absolute atomic E-state index is 0. The van der Waals surface area contributed by atoms with E-state index >= 15 is 0 Å². The molecule has 1 rings (SSSR count). The fourth-order valence-corrected chi connectivity index (χ4v) is 1.92. The maximum atomic E-state index is 5.72. The molecule has 0 radical (unpaired) electrons. The molecular weight excluding hydrogens is 327 g/mol. The molecule has 102 valence electrons. The summed E-state index contributed by atoms with van der Waals surface area (Å²) in [7, 11) is 0. The Balaban J connectivity index is 0.00000256. The van der Waals surface area contributed by atoms with Gasteiger partial charge in [-0.2, -0.15) is 0 Å². The van der Waals surface area contributed by atoms with E-state index in [2.05, 4.69) is 29.1 Å². The Kier molecular flexibility index (Phi) is 9.91. The molecule has 0 atom stereocenters. The van der Waals surface area contributed by atoms with Gasteiger partial charge in [0.1, 0.15) is 0 Å². The molecular formula is C12H27IN4. The van der Waals surface area contributed by atoms with E-state index in [9.17, 15) is 0 Å². The largest absolute Gasteiger partial charge is 0.370 e. The van der Waals surface area contributed by atoms with Crippen LogP contribution in [0.15, 0.2) is 4.99 Å². The molecule has 0 saturated carbocycles. The Morgan fingerprint density at radius 2 is 2.06 bits per heavy atom. The lowest BCUT2D eigenvalue weighted by atomic mass is 9.99. The van der Waals surface area contributed by atoms with Crippen molar-refractivity contribution in [2.24, 2.45) is 16.6 Å². The minimum atomic E-state index is 0. The first-order valence-electron chi connectivity index (χ1n) is 6.48. The van der Waals surface area contributed by atoms with Crippen LogP contribution in [0.4, 0.5) is 0 Å². The second kappa shape index (κ2) is 9.94. The monoisotopic (exact) mass is 354 g/mol. The van der Waals surface area contributed by atoms with Gasteiger partial charge in [0, 0.05) is 19.6 Å². The summed E-state index contributed by atoms with van der Waals surface area (Å²) in [5.74, 6) is 1.49. The number of guanidine groups is 1. The first-order valence-corrected chi connectivity index (χ1v) is 6.48. The van der Waals surface area contributed by atoms with Crippen molar-refractivity contribution < 1.29 is 0 Å². The lowest BCUT2D eigenvalue weighted by Gasteiger charge is -2.30. The highest BCUT2D eigenvalue weighted by Gasteiger charge is 2.14. The smallest absolute Gasteiger partial charge is 0.188 e. The lowest BCUT2D eigenvalue weighted by Crippen LogP contribution is -2.41. The van der Waals surface area contributed by atoms with Crippen molar-refractivity contribution in [3.63, 3.8) is 0 Å². The van der Waals surface area contributed by atoms with Crippen molar-refractivity contribution in [3.05, 3.63) is 0 Å². The summed E-state index contributed by atoms with van der Waals surface area (Å²) in [4.78, 5) is 6.70. The molecule has 4 nitrogen and oxygen atoms in total. The molecule has 1 saturated heterocycles. The van der Waals surface area contributed by atoms with E-state index in [1.807, 2.05) is 0 Å². The first kappa shape index (κ1) is 17.0. The van der Waals surface area contributed by atoms with Gasteiger partial charge < -0.3 is 16.0 Å². The summed E-state index contributed by atoms with van der Waals surface area (Å²) in [5, 5.41) is 3.16. The number of piperidine rings is 1. The molecule has 0 aliphatic carbocycles. The summed E-state index contributed by atoms with van der Waals surface area (Å²) in [5.41, 5.74) is 5.72. The number of nitrogens with two attached hydrogens (primary N) is 1. The zero-order chi connectivity index (χ0) is 11.8. The normalized spacial score (nSPS) is 18.8. The Bertz CT molecular complexity index is 213. The van der Waals surface area contributed by atoms with E-state index in [0.29, 0.717) is 5.96 Å². The van der Waals surface area contributed by atoms with Crippen LogP contribution in [0.5, 0.6) is 0 Å². The van der Waals surface area contributed by atoms with Crippen LogP contribution in [0.2, 0.25) is 0 Å². The van der Waals surface area contributed by atoms with E-state index in [4.69, 9.17) is 5.73 Å². The molecule has 0 aromatic rings. The molecule has 0 amide bonds. The highest BCUT2D eigenvalue weighted by molar-refractivity contribution is 14.0. The SMILES string of the molecule is CCCN=C(N)NCCN1CCC(C)CC1.I. The van der Waals surface area contributed by atoms with Gasteiger partial charge in [-0.05, 0) is 38.3 Å². The Morgan fingerprint density at radius 1 is 1.41 bits per heavy atom. The molecule has 1 heterocycles. The lowest BCUT2D eigenvalue weighted by molar-refractivity contribution is 0.195. The molecule has 17 heavy (non-hydrogen) atoms. The van der Waals surface area contributed by atoms with Crippen molar-refractivity contribution in [2.45, 2.75) is 33.1 Å². The molecule has 0 spiro atoms. The van der Waals surface area contributed by atoms with E-state index in [0.717, 1.165) is 32.0 Å². The molecule has 5 heteroatoms. The molecule has 1 fully saturated rings. The number of nitrogens with one attached hydrogen (secondary N) is 1. The fraction of sp³-hybridized carbons (Fsp3) is 0.917. The molecule has 0 aromatic heterocycles. The van der Waals surface area contributed by atoms with Crippen LogP contribution in [0, 0.1) is 5.92 Å². The van der Waals surface area contributed by atoms with Crippen LogP contribution >= 0.6 is 24.0 Å². The van der Waals surface area contributed by atoms with Gasteiger partial charge in [0.2, 0.25) is 0 Å². The van der Waals surface area contributed by atoms with Gasteiger partial charge in [-0.1, -0.05) is 13.8 Å². The third-order valence-corrected chi connectivity index (χ3v) is 3.12. The zero-order valence-corrected chi connectivity index (χ0v) is 13.4. The second-order valence-electron chi connectivity index (χ2n) is 4.72. The maximum absolute atomic E-state index is 5.72. The van der Waals surface area contributed by atoms with Gasteiger partial charge in [-0.15, -0.1) is 24.0 Å². The van der Waals surface area contributed by atoms with E-state index < -0.39 is 0 Å². The summed E-state index contributed by atoms with van der Waals surface area (Å²) in [6.07, 6.45) is 3.71. The number of hydrogen-bond donors (Lipinski definition) is 2. The Hall–Kier alpha value is -0.0400. The van der Waals surface area contributed by atoms with Gasteiger partial charge in [-0.3, -0.25) is 4.99 Å². The van der Waals surface area contributed by atoms with Crippen molar-refractivity contribution in [1.29, 1.82) is 0 Å². The Labute approximate surface area is 122 Å². The number of rotatable bonds is 5. The van der Waals surface area contributed by atoms with Crippen LogP contribution in [-0.2, 0) is 0 Å². The van der Waals surface area contributed by atoms with Crippen LogP contribution in [0.3, 0.4) is 0 Å². The van der Waals surface area contributed by atoms with E-state index in [1.165, 1.54) is 25.9 Å². The minimum Gasteiger partial charge on any atom is -0.370 e. The van der Waals surface area contributed by atoms with Crippen molar-refractivity contribution in [1.82, 2.24) is 10.2 Å². The van der Waals surface area contributed by atoms with Crippen molar-refractivity contribution in [3.8, 4) is 0 Å². The number of likely N-dealkylation sites (tertiary alicyclic amines) is 1. The van der Waals surface area contributed by atoms with Gasteiger partial charge in [-0.25, -0.2) is 0 Å². The maximum Gasteiger partial charge on any atom is 0.188 e. The fourth-order valence-electron chi connectivity index (χ4n) is 1.92. The van der Waals surface area contributed by atoms with Gasteiger partial charge in [0.15, 0.2) is 5.96 Å². The number of aliphatic imine (C=N–C) groups is 1. The molecule has 3 N–H and O–H groups in total. The topological polar surface area (TPSA) is 53.6 Å². The molecule has 0 aromatic carbocycles. The van der Waals surface area contributed by atoms with Crippen LogP contribution < -0.4 is 11.1 Å². The van der Waals surface area contributed by atoms with Crippen LogP contribution in [-0.4, -0.2) is 43.6 Å². The summed E-state index contributed by atoms with van der Waals surface area (Å²) in [6.45, 7) is 9.71. The third kappa shape index (κ3) is 7.81. The summed E-state index contributed by atoms with van der Waals surface area (Å²) >= 11 is 0. The predicted molar refractivity (Wildman–Crippen MR) is 85.0 cm³/mol. The number of halogens is 1. The first-order chi connectivity index (χ1) is 7.72. The van der Waals surface area contributed by atoms with E-state index in [-0.39, 0.29) is 24.0 Å². The number of nitrogens with zero attached hydrogens (tertiary/aromatic N) is 2. The van der Waals surface area contributed by atoms with Gasteiger partial charge in [0.25, 0.3) is 0 Å². The quantitative estimate of drug-likeness (QED) is 0.449. The average molecular weight is 354 g/mol. The van der Waals surface area contributed by atoms with Gasteiger partial charge in [0.05, 0.1) is 0 Å². The molecule has 1 aliphatic rings. The zero-order valence-electron chi connectivity index (χ0n) is 11.1. The third-order valence-electron chi connectivity index (χ3n) is 3.12. The van der Waals surface area contributed by atoms with Crippen molar-refractivity contribution >= 4 is 29.9 Å². The highest BCUT2D eigenvalue weighted by Crippen LogP contribution is 2.14. The van der Waals surface area contributed by atoms with Crippen LogP contribution in [0.25, 0.3) is 0 Å². The highest BCUT2D eigenvalue weighted by atomic mass is 127. The molecule has 0 unspecified atom stereocenters. The standard InChI is InChI=1S/C12H26N4.HI/c1-3-6-14-12(13)15-7-10-16-8-4-11(2)5-9-16;/h11H,3-10H2,1-2H3,(H3,13,14,15);1H. The van der Waals surface area contributed by atoms with Gasteiger partial charge >= 0.3 is 0 Å². The molecule has 0 bridgehead atoms. The second-order valence-corrected chi connectivity index (χ2v) is 4.72. The summed E-state index contributed by atoms with van der Waals surface area (Å²) < 4.78 is 0. The molecule has 1 aliphatic heterocycles. The average Bonchev–Trinajstić information content (AvgIpc) is 2.29. The summed E-state index contributed by atoms with van der Waals surface area (Å²) in [6, 6.07) is 0.